The van der Waals surface area contributed by atoms with Crippen molar-refractivity contribution < 1.29 is 9.53 Å². The molecule has 0 unspecified atom stereocenters. The summed E-state index contributed by atoms with van der Waals surface area (Å²) in [4.78, 5) is 11.9. The molecule has 1 aliphatic rings. The molecular formula is C28H28O2Si. The van der Waals surface area contributed by atoms with Gasteiger partial charge in [-0.15, -0.1) is 5.73 Å². The lowest BCUT2D eigenvalue weighted by atomic mass is 10.0. The van der Waals surface area contributed by atoms with Crippen molar-refractivity contribution in [2.45, 2.75) is 32.9 Å². The van der Waals surface area contributed by atoms with Gasteiger partial charge in [-0.05, 0) is 58.5 Å². The molecule has 0 fully saturated rings. The summed E-state index contributed by atoms with van der Waals surface area (Å²) >= 11 is 0. The number of carbonyl (C=O) groups is 1. The zero-order valence-electron chi connectivity index (χ0n) is 18.4. The monoisotopic (exact) mass is 424 g/mol. The van der Waals surface area contributed by atoms with E-state index >= 15 is 0 Å². The Kier molecular flexibility index (Phi) is 6.08. The highest BCUT2D eigenvalue weighted by atomic mass is 28.3. The summed E-state index contributed by atoms with van der Waals surface area (Å²) in [7, 11) is -2.04. The van der Waals surface area contributed by atoms with Gasteiger partial charge in [0.1, 0.15) is 8.07 Å². The number of ether oxygens (including phenoxy) is 1. The molecule has 0 aromatic heterocycles. The van der Waals surface area contributed by atoms with Crippen molar-refractivity contribution in [3.05, 3.63) is 101 Å². The first-order valence-electron chi connectivity index (χ1n) is 10.9. The third-order valence-corrected chi connectivity index (χ3v) is 9.49. The molecule has 0 saturated carbocycles. The molecule has 156 valence electrons. The fraction of sp³-hybridized carbons (Fsp3) is 0.214. The highest BCUT2D eigenvalue weighted by Gasteiger charge is 2.30. The van der Waals surface area contributed by atoms with Gasteiger partial charge in [0, 0.05) is 0 Å². The number of esters is 1. The van der Waals surface area contributed by atoms with E-state index in [1.165, 1.54) is 38.2 Å². The molecule has 3 heteroatoms. The van der Waals surface area contributed by atoms with Crippen molar-refractivity contribution in [2.24, 2.45) is 0 Å². The first-order valence-corrected chi connectivity index (χ1v) is 13.9. The van der Waals surface area contributed by atoms with Crippen LogP contribution in [-0.4, -0.2) is 20.7 Å². The van der Waals surface area contributed by atoms with Crippen molar-refractivity contribution in [1.82, 2.24) is 0 Å². The lowest BCUT2D eigenvalue weighted by molar-refractivity contribution is -0.142. The SMILES string of the molecule is CCOC(=O)CC=C=C(c1ccc2c(c1)-c1ccccc1C2)[Si](C)(C)c1ccccc1. The van der Waals surface area contributed by atoms with Gasteiger partial charge in [0.2, 0.25) is 0 Å². The molecule has 0 atom stereocenters. The summed E-state index contributed by atoms with van der Waals surface area (Å²) in [5, 5.41) is 2.55. The predicted molar refractivity (Wildman–Crippen MR) is 131 cm³/mol. The van der Waals surface area contributed by atoms with Gasteiger partial charge >= 0.3 is 5.97 Å². The number of fused-ring (bicyclic) bond motifs is 3. The molecule has 0 aliphatic heterocycles. The summed E-state index contributed by atoms with van der Waals surface area (Å²) in [6.45, 7) is 6.93. The zero-order chi connectivity index (χ0) is 21.8. The minimum absolute atomic E-state index is 0.212. The van der Waals surface area contributed by atoms with E-state index in [4.69, 9.17) is 4.74 Å². The van der Waals surface area contributed by atoms with Gasteiger partial charge in [0.15, 0.2) is 0 Å². The van der Waals surface area contributed by atoms with Crippen LogP contribution in [-0.2, 0) is 16.0 Å². The predicted octanol–water partition coefficient (Wildman–Crippen LogP) is 5.90. The van der Waals surface area contributed by atoms with Crippen LogP contribution >= 0.6 is 0 Å². The van der Waals surface area contributed by atoms with E-state index in [9.17, 15) is 4.79 Å². The second-order valence-corrected chi connectivity index (χ2v) is 12.8. The Labute approximate surface area is 185 Å². The molecule has 0 spiro atoms. The van der Waals surface area contributed by atoms with E-state index in [1.807, 2.05) is 13.0 Å². The van der Waals surface area contributed by atoms with Crippen LogP contribution in [0.25, 0.3) is 16.3 Å². The molecule has 1 aliphatic carbocycles. The van der Waals surface area contributed by atoms with Crippen molar-refractivity contribution in [3.8, 4) is 11.1 Å². The highest BCUT2D eigenvalue weighted by Crippen LogP contribution is 2.39. The standard InChI is InChI=1S/C28H28O2Si/c1-4-30-28(29)16-10-15-27(31(2,3)24-12-6-5-7-13-24)23-18-17-22-19-21-11-8-9-14-25(21)26(22)20-23/h5-14,17-18,20H,4,16,19H2,1-3H3. The Morgan fingerprint density at radius 1 is 0.968 bits per heavy atom. The van der Waals surface area contributed by atoms with Gasteiger partial charge in [-0.3, -0.25) is 4.79 Å². The first-order chi connectivity index (χ1) is 15.0. The Hall–Kier alpha value is -3.13. The average Bonchev–Trinajstić information content (AvgIpc) is 3.15. The Morgan fingerprint density at radius 2 is 1.68 bits per heavy atom. The van der Waals surface area contributed by atoms with Crippen LogP contribution in [0.15, 0.2) is 84.6 Å². The maximum absolute atomic E-state index is 11.9. The number of hydrogen-bond acceptors (Lipinski definition) is 2. The van der Waals surface area contributed by atoms with E-state index in [0.29, 0.717) is 6.61 Å². The largest absolute Gasteiger partial charge is 0.466 e. The third-order valence-electron chi connectivity index (χ3n) is 6.03. The molecule has 0 amide bonds. The number of carbonyl (C=O) groups excluding carboxylic acids is 1. The summed E-state index contributed by atoms with van der Waals surface area (Å²) in [6.07, 6.45) is 3.07. The Bertz CT molecular complexity index is 1170. The van der Waals surface area contributed by atoms with Crippen molar-refractivity contribution in [3.63, 3.8) is 0 Å². The topological polar surface area (TPSA) is 26.3 Å². The molecule has 0 radical (unpaired) electrons. The van der Waals surface area contributed by atoms with E-state index in [0.717, 1.165) is 6.42 Å². The molecule has 31 heavy (non-hydrogen) atoms. The summed E-state index contributed by atoms with van der Waals surface area (Å²) in [5.74, 6) is -0.212. The second-order valence-electron chi connectivity index (χ2n) is 8.43. The maximum atomic E-state index is 11.9. The smallest absolute Gasteiger partial charge is 0.310 e. The second kappa shape index (κ2) is 8.93. The van der Waals surface area contributed by atoms with E-state index < -0.39 is 8.07 Å². The molecule has 0 N–H and O–H groups in total. The van der Waals surface area contributed by atoms with Crippen LogP contribution in [0, 0.1) is 0 Å². The van der Waals surface area contributed by atoms with Crippen LogP contribution in [0.2, 0.25) is 13.1 Å². The number of hydrogen-bond donors (Lipinski definition) is 0. The minimum Gasteiger partial charge on any atom is -0.466 e. The van der Waals surface area contributed by atoms with Crippen molar-refractivity contribution in [2.75, 3.05) is 6.61 Å². The normalized spacial score (nSPS) is 11.8. The molecule has 3 aromatic carbocycles. The minimum atomic E-state index is -2.04. The molecule has 0 heterocycles. The third kappa shape index (κ3) is 4.34. The maximum Gasteiger partial charge on any atom is 0.310 e. The molecule has 2 nitrogen and oxygen atoms in total. The van der Waals surface area contributed by atoms with Gasteiger partial charge in [0.05, 0.1) is 13.0 Å². The summed E-state index contributed by atoms with van der Waals surface area (Å²) in [5.41, 5.74) is 10.1. The summed E-state index contributed by atoms with van der Waals surface area (Å²) in [6, 6.07) is 26.1. The van der Waals surface area contributed by atoms with Crippen LogP contribution in [0.3, 0.4) is 0 Å². The van der Waals surface area contributed by atoms with Crippen molar-refractivity contribution in [1.29, 1.82) is 0 Å². The van der Waals surface area contributed by atoms with Gasteiger partial charge in [0.25, 0.3) is 0 Å². The average molecular weight is 425 g/mol. The first kappa shape index (κ1) is 21.1. The van der Waals surface area contributed by atoms with Gasteiger partial charge in [-0.2, -0.15) is 0 Å². The van der Waals surface area contributed by atoms with Crippen LogP contribution < -0.4 is 5.19 Å². The van der Waals surface area contributed by atoms with Gasteiger partial charge < -0.3 is 4.74 Å². The molecule has 0 saturated heterocycles. The van der Waals surface area contributed by atoms with E-state index in [-0.39, 0.29) is 12.4 Å². The lowest BCUT2D eigenvalue weighted by Crippen LogP contribution is -2.42. The van der Waals surface area contributed by atoms with E-state index in [1.54, 1.807) is 0 Å². The fourth-order valence-corrected chi connectivity index (χ4v) is 7.01. The van der Waals surface area contributed by atoms with Crippen LogP contribution in [0.4, 0.5) is 0 Å². The number of rotatable bonds is 6. The Morgan fingerprint density at radius 3 is 2.45 bits per heavy atom. The van der Waals surface area contributed by atoms with Gasteiger partial charge in [-0.1, -0.05) is 85.0 Å². The summed E-state index contributed by atoms with van der Waals surface area (Å²) < 4.78 is 5.09. The quantitative estimate of drug-likeness (QED) is 0.219. The van der Waals surface area contributed by atoms with E-state index in [2.05, 4.69) is 91.6 Å². The Balaban J connectivity index is 1.81. The molecule has 3 aromatic rings. The van der Waals surface area contributed by atoms with Crippen LogP contribution in [0.1, 0.15) is 30.0 Å². The molecule has 0 bridgehead atoms. The molecular weight excluding hydrogens is 396 g/mol. The fourth-order valence-electron chi connectivity index (χ4n) is 4.36. The number of benzene rings is 3. The van der Waals surface area contributed by atoms with Crippen molar-refractivity contribution >= 4 is 24.4 Å². The van der Waals surface area contributed by atoms with Crippen LogP contribution in [0.5, 0.6) is 0 Å². The highest BCUT2D eigenvalue weighted by molar-refractivity contribution is 7.04. The van der Waals surface area contributed by atoms with Gasteiger partial charge in [-0.25, -0.2) is 0 Å². The molecule has 4 rings (SSSR count). The zero-order valence-corrected chi connectivity index (χ0v) is 19.4. The lowest BCUT2D eigenvalue weighted by Gasteiger charge is -2.26.